The third-order valence-corrected chi connectivity index (χ3v) is 10.7. The van der Waals surface area contributed by atoms with Gasteiger partial charge < -0.3 is 8.98 Å². The van der Waals surface area contributed by atoms with Gasteiger partial charge in [0.1, 0.15) is 11.2 Å². The Labute approximate surface area is 275 Å². The van der Waals surface area contributed by atoms with Crippen molar-refractivity contribution in [3.05, 3.63) is 164 Å². The van der Waals surface area contributed by atoms with Crippen LogP contribution in [-0.2, 0) is 0 Å². The number of furan rings is 1. The largest absolute Gasteiger partial charge is 0.455 e. The minimum Gasteiger partial charge on any atom is -0.455 e. The van der Waals surface area contributed by atoms with Gasteiger partial charge in [-0.15, -0.1) is 11.3 Å². The van der Waals surface area contributed by atoms with Gasteiger partial charge in [0, 0.05) is 37.5 Å². The highest BCUT2D eigenvalue weighted by Gasteiger charge is 2.20. The van der Waals surface area contributed by atoms with Gasteiger partial charge in [-0.25, -0.2) is 0 Å². The molecule has 0 atom stereocenters. The Morgan fingerprint density at radius 2 is 1.06 bits per heavy atom. The quantitative estimate of drug-likeness (QED) is 0.192. The summed E-state index contributed by atoms with van der Waals surface area (Å²) in [6, 6.07) is 58.7. The summed E-state index contributed by atoms with van der Waals surface area (Å²) >= 11 is 1.90. The second-order valence-electron chi connectivity index (χ2n) is 12.1. The van der Waals surface area contributed by atoms with Crippen LogP contribution in [-0.4, -0.2) is 4.57 Å². The lowest BCUT2D eigenvalue weighted by atomic mass is 9.97. The predicted molar refractivity (Wildman–Crippen MR) is 200 cm³/mol. The molecule has 0 amide bonds. The van der Waals surface area contributed by atoms with Crippen LogP contribution in [0.1, 0.15) is 0 Å². The molecule has 47 heavy (non-hydrogen) atoms. The second kappa shape index (κ2) is 10.3. The van der Waals surface area contributed by atoms with Crippen molar-refractivity contribution < 1.29 is 4.42 Å². The average molecular weight is 618 g/mol. The SMILES string of the molecule is c1ccc(-c2ccc3oc4c(-c5ccc(-c6cccc7c6sc6c8ccccc8n(-c8ccccc8)c76)cc5)cccc4c3c2)cc1. The van der Waals surface area contributed by atoms with Crippen LogP contribution in [0.4, 0.5) is 0 Å². The molecule has 2 nitrogen and oxygen atoms in total. The van der Waals surface area contributed by atoms with Crippen LogP contribution in [0.15, 0.2) is 168 Å². The van der Waals surface area contributed by atoms with E-state index in [9.17, 15) is 0 Å². The summed E-state index contributed by atoms with van der Waals surface area (Å²) in [4.78, 5) is 0. The zero-order valence-corrected chi connectivity index (χ0v) is 26.2. The minimum absolute atomic E-state index is 0.910. The molecule has 0 saturated carbocycles. The Hall–Kier alpha value is -5.90. The van der Waals surface area contributed by atoms with Crippen molar-refractivity contribution >= 4 is 64.5 Å². The molecule has 0 aliphatic rings. The smallest absolute Gasteiger partial charge is 0.143 e. The zero-order chi connectivity index (χ0) is 30.9. The third kappa shape index (κ3) is 4.04. The van der Waals surface area contributed by atoms with Crippen molar-refractivity contribution in [1.29, 1.82) is 0 Å². The Morgan fingerprint density at radius 1 is 0.426 bits per heavy atom. The summed E-state index contributed by atoms with van der Waals surface area (Å²) in [6.07, 6.45) is 0. The van der Waals surface area contributed by atoms with E-state index in [4.69, 9.17) is 4.42 Å². The fraction of sp³-hybridized carbons (Fsp3) is 0. The number of para-hydroxylation sites is 3. The maximum absolute atomic E-state index is 6.51. The monoisotopic (exact) mass is 617 g/mol. The van der Waals surface area contributed by atoms with Crippen LogP contribution in [0, 0.1) is 0 Å². The van der Waals surface area contributed by atoms with Gasteiger partial charge in [-0.05, 0) is 58.1 Å². The zero-order valence-electron chi connectivity index (χ0n) is 25.4. The number of hydrogen-bond donors (Lipinski definition) is 0. The van der Waals surface area contributed by atoms with Gasteiger partial charge in [-0.3, -0.25) is 0 Å². The summed E-state index contributed by atoms with van der Waals surface area (Å²) in [5, 5.41) is 4.86. The molecule has 10 aromatic rings. The highest BCUT2D eigenvalue weighted by Crippen LogP contribution is 2.46. The van der Waals surface area contributed by atoms with E-state index in [1.807, 2.05) is 11.3 Å². The molecule has 3 heteroatoms. The third-order valence-electron chi connectivity index (χ3n) is 9.43. The summed E-state index contributed by atoms with van der Waals surface area (Å²) < 4.78 is 11.6. The lowest BCUT2D eigenvalue weighted by Crippen LogP contribution is -1.92. The lowest BCUT2D eigenvalue weighted by Gasteiger charge is -2.09. The van der Waals surface area contributed by atoms with E-state index in [0.29, 0.717) is 0 Å². The van der Waals surface area contributed by atoms with Crippen molar-refractivity contribution in [2.75, 3.05) is 0 Å². The topological polar surface area (TPSA) is 18.1 Å². The second-order valence-corrected chi connectivity index (χ2v) is 13.1. The molecule has 0 bridgehead atoms. The summed E-state index contributed by atoms with van der Waals surface area (Å²) in [5.41, 5.74) is 12.7. The number of rotatable bonds is 4. The van der Waals surface area contributed by atoms with Crippen LogP contribution in [0.5, 0.6) is 0 Å². The minimum atomic E-state index is 0.910. The van der Waals surface area contributed by atoms with Crippen LogP contribution in [0.25, 0.3) is 92.2 Å². The van der Waals surface area contributed by atoms with Gasteiger partial charge in [0.15, 0.2) is 0 Å². The van der Waals surface area contributed by atoms with Crippen LogP contribution >= 0.6 is 11.3 Å². The maximum atomic E-state index is 6.51. The summed E-state index contributed by atoms with van der Waals surface area (Å²) in [7, 11) is 0. The van der Waals surface area contributed by atoms with Crippen molar-refractivity contribution in [3.63, 3.8) is 0 Å². The number of benzene rings is 7. The molecule has 3 heterocycles. The van der Waals surface area contributed by atoms with E-state index in [-0.39, 0.29) is 0 Å². The van der Waals surface area contributed by atoms with E-state index in [0.717, 1.165) is 33.1 Å². The Balaban J connectivity index is 1.09. The van der Waals surface area contributed by atoms with Crippen LogP contribution in [0.2, 0.25) is 0 Å². The molecule has 0 fully saturated rings. The number of thiophene rings is 1. The standard InChI is InChI=1S/C44H27NOS/c1-3-11-28(12-4-1)31-25-26-40-38(27-31)35-18-9-16-33(42(35)46-40)29-21-23-30(24-22-29)34-17-10-19-37-41-44(47-43(34)37)36-15-7-8-20-39(36)45(41)32-13-5-2-6-14-32/h1-27H. The van der Waals surface area contributed by atoms with Gasteiger partial charge >= 0.3 is 0 Å². The Kier molecular flexibility index (Phi) is 5.78. The summed E-state index contributed by atoms with van der Waals surface area (Å²) in [5.74, 6) is 0. The molecule has 0 radical (unpaired) electrons. The van der Waals surface area contributed by atoms with Crippen molar-refractivity contribution in [2.45, 2.75) is 0 Å². The van der Waals surface area contributed by atoms with E-state index in [1.54, 1.807) is 0 Å². The van der Waals surface area contributed by atoms with E-state index in [2.05, 4.69) is 168 Å². The molecule has 220 valence electrons. The molecule has 0 unspecified atom stereocenters. The highest BCUT2D eigenvalue weighted by molar-refractivity contribution is 7.27. The maximum Gasteiger partial charge on any atom is 0.143 e. The number of hydrogen-bond acceptors (Lipinski definition) is 2. The van der Waals surface area contributed by atoms with E-state index in [1.165, 1.54) is 59.1 Å². The molecular formula is C44H27NOS. The predicted octanol–water partition coefficient (Wildman–Crippen LogP) is 12.9. The first-order valence-corrected chi connectivity index (χ1v) is 16.7. The van der Waals surface area contributed by atoms with Gasteiger partial charge in [-0.1, -0.05) is 133 Å². The first-order chi connectivity index (χ1) is 23.3. The van der Waals surface area contributed by atoms with E-state index >= 15 is 0 Å². The van der Waals surface area contributed by atoms with Gasteiger partial charge in [0.25, 0.3) is 0 Å². The molecule has 3 aromatic heterocycles. The van der Waals surface area contributed by atoms with E-state index < -0.39 is 0 Å². The molecule has 0 saturated heterocycles. The normalized spacial score (nSPS) is 11.8. The lowest BCUT2D eigenvalue weighted by molar-refractivity contribution is 0.670. The Morgan fingerprint density at radius 3 is 1.87 bits per heavy atom. The van der Waals surface area contributed by atoms with Gasteiger partial charge in [-0.2, -0.15) is 0 Å². The fourth-order valence-corrected chi connectivity index (χ4v) is 8.58. The first-order valence-electron chi connectivity index (χ1n) is 15.9. The molecule has 0 aliphatic carbocycles. The summed E-state index contributed by atoms with van der Waals surface area (Å²) in [6.45, 7) is 0. The Bertz CT molecular complexity index is 2770. The molecule has 0 spiro atoms. The number of fused-ring (bicyclic) bond motifs is 8. The number of aromatic nitrogens is 1. The number of nitrogens with zero attached hydrogens (tertiary/aromatic N) is 1. The molecule has 0 aliphatic heterocycles. The molecule has 0 N–H and O–H groups in total. The average Bonchev–Trinajstić information content (AvgIpc) is 3.81. The first kappa shape index (κ1) is 26.3. The van der Waals surface area contributed by atoms with Crippen LogP contribution in [0.3, 0.4) is 0 Å². The molecular weight excluding hydrogens is 591 g/mol. The van der Waals surface area contributed by atoms with Gasteiger partial charge in [0.2, 0.25) is 0 Å². The fourth-order valence-electron chi connectivity index (χ4n) is 7.23. The molecule has 7 aromatic carbocycles. The van der Waals surface area contributed by atoms with Crippen LogP contribution < -0.4 is 0 Å². The highest BCUT2D eigenvalue weighted by atomic mass is 32.1. The van der Waals surface area contributed by atoms with Crippen molar-refractivity contribution in [1.82, 2.24) is 4.57 Å². The van der Waals surface area contributed by atoms with Gasteiger partial charge in [0.05, 0.1) is 15.7 Å². The molecule has 10 rings (SSSR count). The van der Waals surface area contributed by atoms with Crippen molar-refractivity contribution in [2.24, 2.45) is 0 Å². The van der Waals surface area contributed by atoms with Crippen molar-refractivity contribution in [3.8, 4) is 39.1 Å².